The molecule has 2 saturated heterocycles. The molecular formula is C21H21N3O4. The minimum absolute atomic E-state index is 0.0612. The van der Waals surface area contributed by atoms with E-state index in [1.807, 2.05) is 60.7 Å². The minimum atomic E-state index is -0.544. The molecule has 2 heterocycles. The van der Waals surface area contributed by atoms with Crippen LogP contribution in [0.4, 0.5) is 16.2 Å². The van der Waals surface area contributed by atoms with E-state index in [9.17, 15) is 14.4 Å². The lowest BCUT2D eigenvalue weighted by molar-refractivity contribution is -0.124. The molecule has 2 aromatic carbocycles. The summed E-state index contributed by atoms with van der Waals surface area (Å²) in [7, 11) is 0. The van der Waals surface area contributed by atoms with E-state index < -0.39 is 18.2 Å². The van der Waals surface area contributed by atoms with Gasteiger partial charge < -0.3 is 10.1 Å². The zero-order chi connectivity index (χ0) is 19.5. The summed E-state index contributed by atoms with van der Waals surface area (Å²) in [4.78, 5) is 40.2. The fourth-order valence-corrected chi connectivity index (χ4v) is 3.62. The minimum Gasteiger partial charge on any atom is -0.442 e. The number of anilines is 2. The summed E-state index contributed by atoms with van der Waals surface area (Å²) in [5, 5.41) is 2.84. The van der Waals surface area contributed by atoms with Crippen LogP contribution in [0.25, 0.3) is 0 Å². The van der Waals surface area contributed by atoms with Gasteiger partial charge in [0.25, 0.3) is 0 Å². The van der Waals surface area contributed by atoms with Crippen molar-refractivity contribution >= 4 is 29.3 Å². The summed E-state index contributed by atoms with van der Waals surface area (Å²) in [5.41, 5.74) is 1.48. The Morgan fingerprint density at radius 2 is 1.64 bits per heavy atom. The SMILES string of the molecule is O=C(NCC1CN(c2ccccc2)C(=O)O1)C1CCC(=O)N1c1ccccc1. The molecule has 0 saturated carbocycles. The Balaban J connectivity index is 1.37. The molecule has 7 nitrogen and oxygen atoms in total. The largest absolute Gasteiger partial charge is 0.442 e. The molecule has 7 heteroatoms. The van der Waals surface area contributed by atoms with E-state index in [0.717, 1.165) is 5.69 Å². The fraction of sp³-hybridized carbons (Fsp3) is 0.286. The number of hydrogen-bond donors (Lipinski definition) is 1. The molecule has 0 bridgehead atoms. The smallest absolute Gasteiger partial charge is 0.414 e. The van der Waals surface area contributed by atoms with E-state index in [1.165, 1.54) is 0 Å². The molecule has 144 valence electrons. The molecule has 3 amide bonds. The molecule has 2 aliphatic rings. The Morgan fingerprint density at radius 1 is 1.00 bits per heavy atom. The maximum Gasteiger partial charge on any atom is 0.414 e. The number of para-hydroxylation sites is 2. The highest BCUT2D eigenvalue weighted by atomic mass is 16.6. The summed E-state index contributed by atoms with van der Waals surface area (Å²) < 4.78 is 5.37. The molecule has 28 heavy (non-hydrogen) atoms. The van der Waals surface area contributed by atoms with Gasteiger partial charge in [0.05, 0.1) is 13.1 Å². The number of ether oxygens (including phenoxy) is 1. The van der Waals surface area contributed by atoms with Crippen LogP contribution in [0.1, 0.15) is 12.8 Å². The highest BCUT2D eigenvalue weighted by molar-refractivity contribution is 6.03. The van der Waals surface area contributed by atoms with Crippen molar-refractivity contribution in [3.63, 3.8) is 0 Å². The van der Waals surface area contributed by atoms with Crippen LogP contribution in [0, 0.1) is 0 Å². The zero-order valence-corrected chi connectivity index (χ0v) is 15.3. The number of nitrogens with one attached hydrogen (secondary N) is 1. The van der Waals surface area contributed by atoms with E-state index in [-0.39, 0.29) is 18.4 Å². The Kier molecular flexibility index (Phi) is 4.97. The van der Waals surface area contributed by atoms with Gasteiger partial charge in [0.1, 0.15) is 12.1 Å². The van der Waals surface area contributed by atoms with Gasteiger partial charge in [0.2, 0.25) is 11.8 Å². The van der Waals surface area contributed by atoms with Gasteiger partial charge >= 0.3 is 6.09 Å². The molecule has 0 aliphatic carbocycles. The summed E-state index contributed by atoms with van der Waals surface area (Å²) in [6.45, 7) is 0.580. The number of amides is 3. The van der Waals surface area contributed by atoms with Gasteiger partial charge in [-0.25, -0.2) is 4.79 Å². The van der Waals surface area contributed by atoms with E-state index in [2.05, 4.69) is 5.32 Å². The maximum absolute atomic E-state index is 12.7. The second kappa shape index (κ2) is 7.72. The number of carbonyl (C=O) groups is 3. The monoisotopic (exact) mass is 379 g/mol. The Morgan fingerprint density at radius 3 is 2.32 bits per heavy atom. The van der Waals surface area contributed by atoms with Crippen LogP contribution in [-0.2, 0) is 14.3 Å². The quantitative estimate of drug-likeness (QED) is 0.865. The first-order chi connectivity index (χ1) is 13.6. The standard InChI is InChI=1S/C21H21N3O4/c25-19-12-11-18(24(19)16-9-5-2-6-10-16)20(26)22-13-17-14-23(21(27)28-17)15-7-3-1-4-8-15/h1-10,17-18H,11-14H2,(H,22,26). The van der Waals surface area contributed by atoms with Crippen LogP contribution in [0.2, 0.25) is 0 Å². The number of nitrogens with zero attached hydrogens (tertiary/aromatic N) is 2. The molecule has 1 N–H and O–H groups in total. The number of rotatable bonds is 5. The summed E-state index contributed by atoms with van der Waals surface area (Å²) >= 11 is 0. The number of carbonyl (C=O) groups excluding carboxylic acids is 3. The van der Waals surface area contributed by atoms with E-state index in [4.69, 9.17) is 4.74 Å². The van der Waals surface area contributed by atoms with Crippen molar-refractivity contribution in [1.82, 2.24) is 5.32 Å². The van der Waals surface area contributed by atoms with Crippen molar-refractivity contribution in [1.29, 1.82) is 0 Å². The molecule has 2 aromatic rings. The van der Waals surface area contributed by atoms with Crippen molar-refractivity contribution in [2.45, 2.75) is 25.0 Å². The normalized spacial score (nSPS) is 21.7. The summed E-state index contributed by atoms with van der Waals surface area (Å²) in [6.07, 6.45) is -0.0424. The predicted molar refractivity (Wildman–Crippen MR) is 104 cm³/mol. The van der Waals surface area contributed by atoms with Gasteiger partial charge in [0, 0.05) is 17.8 Å². The van der Waals surface area contributed by atoms with Crippen LogP contribution >= 0.6 is 0 Å². The van der Waals surface area contributed by atoms with Gasteiger partial charge in [-0.2, -0.15) is 0 Å². The second-order valence-electron chi connectivity index (χ2n) is 6.85. The first-order valence-corrected chi connectivity index (χ1v) is 9.31. The molecule has 2 unspecified atom stereocenters. The van der Waals surface area contributed by atoms with Gasteiger partial charge in [-0.3, -0.25) is 19.4 Å². The van der Waals surface area contributed by atoms with Crippen LogP contribution in [0.5, 0.6) is 0 Å². The molecule has 0 radical (unpaired) electrons. The van der Waals surface area contributed by atoms with Gasteiger partial charge in [-0.1, -0.05) is 36.4 Å². The van der Waals surface area contributed by atoms with Crippen LogP contribution in [0.15, 0.2) is 60.7 Å². The first-order valence-electron chi connectivity index (χ1n) is 9.31. The Bertz CT molecular complexity index is 872. The third kappa shape index (κ3) is 3.55. The molecule has 0 spiro atoms. The Hall–Kier alpha value is -3.35. The highest BCUT2D eigenvalue weighted by Gasteiger charge is 2.38. The average Bonchev–Trinajstić information content (AvgIpc) is 3.30. The molecule has 4 rings (SSSR count). The third-order valence-corrected chi connectivity index (χ3v) is 4.99. The zero-order valence-electron chi connectivity index (χ0n) is 15.3. The van der Waals surface area contributed by atoms with Crippen LogP contribution in [0.3, 0.4) is 0 Å². The molecule has 2 atom stereocenters. The first kappa shape index (κ1) is 18.0. The number of cyclic esters (lactones) is 1. The second-order valence-corrected chi connectivity index (χ2v) is 6.85. The summed E-state index contributed by atoms with van der Waals surface area (Å²) in [6, 6.07) is 17.9. The third-order valence-electron chi connectivity index (χ3n) is 4.99. The van der Waals surface area contributed by atoms with E-state index in [1.54, 1.807) is 9.80 Å². The lowest BCUT2D eigenvalue weighted by atomic mass is 10.2. The molecule has 2 fully saturated rings. The molecular weight excluding hydrogens is 358 g/mol. The van der Waals surface area contributed by atoms with Crippen molar-refractivity contribution in [3.8, 4) is 0 Å². The van der Waals surface area contributed by atoms with Crippen molar-refractivity contribution in [2.75, 3.05) is 22.9 Å². The maximum atomic E-state index is 12.7. The van der Waals surface area contributed by atoms with Crippen LogP contribution in [-0.4, -0.2) is 43.1 Å². The molecule has 0 aromatic heterocycles. The number of benzene rings is 2. The van der Waals surface area contributed by atoms with Gasteiger partial charge in [-0.05, 0) is 30.7 Å². The molecule has 2 aliphatic heterocycles. The fourth-order valence-electron chi connectivity index (χ4n) is 3.62. The van der Waals surface area contributed by atoms with Crippen LogP contribution < -0.4 is 15.1 Å². The number of hydrogen-bond acceptors (Lipinski definition) is 4. The predicted octanol–water partition coefficient (Wildman–Crippen LogP) is 2.32. The summed E-state index contributed by atoms with van der Waals surface area (Å²) in [5.74, 6) is -0.294. The van der Waals surface area contributed by atoms with Gasteiger partial charge in [-0.15, -0.1) is 0 Å². The van der Waals surface area contributed by atoms with E-state index >= 15 is 0 Å². The average molecular weight is 379 g/mol. The van der Waals surface area contributed by atoms with Crippen molar-refractivity contribution in [3.05, 3.63) is 60.7 Å². The Labute approximate surface area is 162 Å². The van der Waals surface area contributed by atoms with Crippen molar-refractivity contribution in [2.24, 2.45) is 0 Å². The lowest BCUT2D eigenvalue weighted by Gasteiger charge is -2.24. The van der Waals surface area contributed by atoms with E-state index in [0.29, 0.717) is 25.1 Å². The van der Waals surface area contributed by atoms with Gasteiger partial charge in [0.15, 0.2) is 0 Å². The topological polar surface area (TPSA) is 79.0 Å². The lowest BCUT2D eigenvalue weighted by Crippen LogP contribution is -2.47. The van der Waals surface area contributed by atoms with Crippen molar-refractivity contribution < 1.29 is 19.1 Å². The highest BCUT2D eigenvalue weighted by Crippen LogP contribution is 2.26.